The van der Waals surface area contributed by atoms with E-state index in [1.807, 2.05) is 0 Å². The molecule has 2 aromatic carbocycles. The molecule has 208 valence electrons. The monoisotopic (exact) mass is 568 g/mol. The number of alkyl halides is 9. The van der Waals surface area contributed by atoms with Gasteiger partial charge in [-0.15, -0.1) is 0 Å². The summed E-state index contributed by atoms with van der Waals surface area (Å²) in [6.45, 7) is 7.62. The zero-order chi connectivity index (χ0) is 29.9. The molecule has 0 unspecified atom stereocenters. The number of hydrogen-bond acceptors (Lipinski definition) is 6. The first-order chi connectivity index (χ1) is 17.7. The van der Waals surface area contributed by atoms with Gasteiger partial charge in [-0.25, -0.2) is 14.4 Å². The van der Waals surface area contributed by atoms with E-state index >= 15 is 0 Å². The summed E-state index contributed by atoms with van der Waals surface area (Å²) < 4.78 is 128. The van der Waals surface area contributed by atoms with Crippen LogP contribution >= 0.6 is 0 Å². The number of halogens is 9. The van der Waals surface area contributed by atoms with Crippen LogP contribution in [0, 0.1) is 0 Å². The average molecular weight is 568 g/mol. The Balaban J connectivity index is 2.40. The fraction of sp³-hybridized carbons (Fsp3) is 0.125. The normalized spacial score (nSPS) is 11.8. The van der Waals surface area contributed by atoms with Gasteiger partial charge in [-0.3, -0.25) is 0 Å². The minimum Gasteiger partial charge on any atom is -0.423 e. The topological polar surface area (TPSA) is 78.9 Å². The number of esters is 3. The van der Waals surface area contributed by atoms with Crippen LogP contribution in [0.2, 0.25) is 0 Å². The quantitative estimate of drug-likeness (QED) is 0.166. The summed E-state index contributed by atoms with van der Waals surface area (Å²) in [6.07, 6.45) is -15.5. The standard InChI is InChI=1S/C24H13F9O6/c1-11(22(25,26)27)19(34)37-16-7-4-14(5-8-16)15-6-9-17(38-20(35)12(2)23(28,29)30)18(10-15)39-21(36)13(3)24(31,32)33/h4-10H,1-3H2. The van der Waals surface area contributed by atoms with Gasteiger partial charge >= 0.3 is 36.4 Å². The molecule has 0 aliphatic carbocycles. The highest BCUT2D eigenvalue weighted by molar-refractivity contribution is 5.93. The molecule has 0 spiro atoms. The van der Waals surface area contributed by atoms with Crippen LogP contribution in [0.4, 0.5) is 39.5 Å². The van der Waals surface area contributed by atoms with Crippen molar-refractivity contribution in [2.45, 2.75) is 18.5 Å². The van der Waals surface area contributed by atoms with Gasteiger partial charge in [-0.2, -0.15) is 39.5 Å². The van der Waals surface area contributed by atoms with Crippen LogP contribution in [0.15, 0.2) is 78.9 Å². The van der Waals surface area contributed by atoms with Crippen LogP contribution in [0.1, 0.15) is 0 Å². The van der Waals surface area contributed by atoms with Gasteiger partial charge in [0.15, 0.2) is 11.5 Å². The van der Waals surface area contributed by atoms with Crippen molar-refractivity contribution in [3.63, 3.8) is 0 Å². The first-order valence-electron chi connectivity index (χ1n) is 9.91. The molecule has 0 heterocycles. The van der Waals surface area contributed by atoms with Crippen molar-refractivity contribution in [1.29, 1.82) is 0 Å². The summed E-state index contributed by atoms with van der Waals surface area (Å²) in [5.41, 5.74) is -5.60. The lowest BCUT2D eigenvalue weighted by Crippen LogP contribution is -2.25. The first-order valence-corrected chi connectivity index (χ1v) is 9.91. The van der Waals surface area contributed by atoms with Gasteiger partial charge in [0.2, 0.25) is 0 Å². The van der Waals surface area contributed by atoms with E-state index in [2.05, 4.69) is 33.9 Å². The van der Waals surface area contributed by atoms with Crippen molar-refractivity contribution in [2.24, 2.45) is 0 Å². The highest BCUT2D eigenvalue weighted by Gasteiger charge is 2.40. The average Bonchev–Trinajstić information content (AvgIpc) is 2.82. The second-order valence-corrected chi connectivity index (χ2v) is 7.28. The van der Waals surface area contributed by atoms with E-state index in [0.717, 1.165) is 42.5 Å². The van der Waals surface area contributed by atoms with E-state index in [1.165, 1.54) is 0 Å². The summed E-state index contributed by atoms with van der Waals surface area (Å²) in [5, 5.41) is 0. The van der Waals surface area contributed by atoms with Gasteiger partial charge in [-0.05, 0) is 35.4 Å². The highest BCUT2D eigenvalue weighted by Crippen LogP contribution is 2.36. The molecular weight excluding hydrogens is 555 g/mol. The first kappa shape index (κ1) is 30.7. The maximum atomic E-state index is 12.8. The summed E-state index contributed by atoms with van der Waals surface area (Å²) in [6, 6.07) is 7.05. The summed E-state index contributed by atoms with van der Waals surface area (Å²) >= 11 is 0. The Morgan fingerprint density at radius 2 is 0.872 bits per heavy atom. The van der Waals surface area contributed by atoms with E-state index in [4.69, 9.17) is 0 Å². The predicted molar refractivity (Wildman–Crippen MR) is 114 cm³/mol. The fourth-order valence-corrected chi connectivity index (χ4v) is 2.41. The number of benzene rings is 2. The third kappa shape index (κ3) is 7.96. The number of ether oxygens (including phenoxy) is 3. The van der Waals surface area contributed by atoms with Crippen molar-refractivity contribution < 1.29 is 68.1 Å². The Hall–Kier alpha value is -4.56. The van der Waals surface area contributed by atoms with E-state index in [0.29, 0.717) is 0 Å². The second-order valence-electron chi connectivity index (χ2n) is 7.28. The lowest BCUT2D eigenvalue weighted by atomic mass is 10.0. The maximum absolute atomic E-state index is 12.8. The van der Waals surface area contributed by atoms with Gasteiger partial charge in [0, 0.05) is 0 Å². The third-order valence-electron chi connectivity index (χ3n) is 4.51. The van der Waals surface area contributed by atoms with Crippen LogP contribution < -0.4 is 14.2 Å². The molecule has 0 N–H and O–H groups in total. The molecule has 39 heavy (non-hydrogen) atoms. The van der Waals surface area contributed by atoms with Gasteiger partial charge in [-0.1, -0.05) is 37.9 Å². The fourth-order valence-electron chi connectivity index (χ4n) is 2.41. The van der Waals surface area contributed by atoms with Crippen LogP contribution in [0.25, 0.3) is 11.1 Å². The number of carbonyl (C=O) groups is 3. The van der Waals surface area contributed by atoms with E-state index in [1.54, 1.807) is 0 Å². The summed E-state index contributed by atoms with van der Waals surface area (Å²) in [5.74, 6) is -8.09. The molecular formula is C24H13F9O6. The Kier molecular flexibility index (Phi) is 8.69. The largest absolute Gasteiger partial charge is 0.423 e. The minimum absolute atomic E-state index is 0.00226. The number of rotatable bonds is 7. The molecule has 0 saturated heterocycles. The Bertz CT molecular complexity index is 1330. The predicted octanol–water partition coefficient (Wildman–Crippen LogP) is 6.43. The van der Waals surface area contributed by atoms with E-state index < -0.39 is 64.7 Å². The Morgan fingerprint density at radius 3 is 1.28 bits per heavy atom. The third-order valence-corrected chi connectivity index (χ3v) is 4.51. The molecule has 0 aromatic heterocycles. The molecule has 15 heteroatoms. The molecule has 0 aliphatic heterocycles. The molecule has 0 amide bonds. The molecule has 0 bridgehead atoms. The molecule has 0 atom stereocenters. The molecule has 0 aliphatic rings. The maximum Gasteiger partial charge on any atom is 0.422 e. The molecule has 0 fully saturated rings. The second kappa shape index (κ2) is 11.0. The molecule has 0 radical (unpaired) electrons. The van der Waals surface area contributed by atoms with Crippen molar-refractivity contribution in [3.05, 3.63) is 78.9 Å². The zero-order valence-electron chi connectivity index (χ0n) is 19.0. The van der Waals surface area contributed by atoms with Crippen molar-refractivity contribution >= 4 is 17.9 Å². The van der Waals surface area contributed by atoms with Gasteiger partial charge < -0.3 is 14.2 Å². The van der Waals surface area contributed by atoms with Crippen LogP contribution in [-0.4, -0.2) is 36.4 Å². The van der Waals surface area contributed by atoms with Crippen LogP contribution in [0.5, 0.6) is 17.2 Å². The Morgan fingerprint density at radius 1 is 0.513 bits per heavy atom. The molecule has 2 aromatic rings. The number of carbonyl (C=O) groups excluding carboxylic acids is 3. The summed E-state index contributed by atoms with van der Waals surface area (Å²) in [7, 11) is 0. The lowest BCUT2D eigenvalue weighted by Gasteiger charge is -2.15. The molecule has 0 saturated carbocycles. The van der Waals surface area contributed by atoms with Gasteiger partial charge in [0.1, 0.15) is 22.5 Å². The number of hydrogen-bond donors (Lipinski definition) is 0. The SMILES string of the molecule is C=C(C(=O)Oc1ccc(-c2ccc(OC(=O)C(=C)C(F)(F)F)c(OC(=O)C(=C)C(F)(F)F)c2)cc1)C(F)(F)F. The molecule has 2 rings (SSSR count). The van der Waals surface area contributed by atoms with Crippen molar-refractivity contribution in [1.82, 2.24) is 0 Å². The van der Waals surface area contributed by atoms with Crippen molar-refractivity contribution in [2.75, 3.05) is 0 Å². The smallest absolute Gasteiger partial charge is 0.422 e. The molecule has 6 nitrogen and oxygen atoms in total. The van der Waals surface area contributed by atoms with Crippen molar-refractivity contribution in [3.8, 4) is 28.4 Å². The van der Waals surface area contributed by atoms with E-state index in [-0.39, 0.29) is 16.9 Å². The van der Waals surface area contributed by atoms with Gasteiger partial charge in [0.05, 0.1) is 0 Å². The Labute approximate surface area is 212 Å². The van der Waals surface area contributed by atoms with Gasteiger partial charge in [0.25, 0.3) is 0 Å². The van der Waals surface area contributed by atoms with E-state index in [9.17, 15) is 53.9 Å². The lowest BCUT2D eigenvalue weighted by molar-refractivity contribution is -0.145. The zero-order valence-corrected chi connectivity index (χ0v) is 19.0. The van der Waals surface area contributed by atoms with Crippen LogP contribution in [-0.2, 0) is 14.4 Å². The minimum atomic E-state index is -5.24. The highest BCUT2D eigenvalue weighted by atomic mass is 19.4. The van der Waals surface area contributed by atoms with Crippen LogP contribution in [0.3, 0.4) is 0 Å². The summed E-state index contributed by atoms with van der Waals surface area (Å²) in [4.78, 5) is 35.2.